The van der Waals surface area contributed by atoms with Crippen molar-refractivity contribution >= 4 is 26.8 Å². The van der Waals surface area contributed by atoms with Gasteiger partial charge in [0.25, 0.3) is 0 Å². The highest BCUT2D eigenvalue weighted by Gasteiger charge is 2.04. The summed E-state index contributed by atoms with van der Waals surface area (Å²) in [6, 6.07) is 8.36. The summed E-state index contributed by atoms with van der Waals surface area (Å²) in [7, 11) is 0. The highest BCUT2D eigenvalue weighted by Crippen LogP contribution is 2.25. The molecule has 0 radical (unpaired) electrons. The molecule has 1 aromatic heterocycles. The van der Waals surface area contributed by atoms with Crippen LogP contribution in [0, 0.1) is 5.92 Å². The molecule has 0 aliphatic carbocycles. The Morgan fingerprint density at radius 2 is 2.05 bits per heavy atom. The first-order valence-electron chi connectivity index (χ1n) is 7.41. The van der Waals surface area contributed by atoms with Gasteiger partial charge in [0.05, 0.1) is 5.52 Å². The van der Waals surface area contributed by atoms with Crippen LogP contribution < -0.4 is 5.32 Å². The van der Waals surface area contributed by atoms with E-state index in [0.29, 0.717) is 0 Å². The topological polar surface area (TPSA) is 24.9 Å². The second-order valence-corrected chi connectivity index (χ2v) is 6.53. The second-order valence-electron chi connectivity index (χ2n) is 5.67. The average Bonchev–Trinajstić information content (AvgIpc) is 2.45. The second kappa shape index (κ2) is 7.75. The van der Waals surface area contributed by atoms with E-state index in [1.54, 1.807) is 0 Å². The minimum absolute atomic E-state index is 0.814. The first-order chi connectivity index (χ1) is 9.68. The first kappa shape index (κ1) is 15.5. The maximum Gasteiger partial charge on any atom is 0.0758 e. The van der Waals surface area contributed by atoms with Crippen molar-refractivity contribution in [3.05, 3.63) is 40.5 Å². The fourth-order valence-corrected chi connectivity index (χ4v) is 2.82. The molecule has 0 bridgehead atoms. The Kier molecular flexibility index (Phi) is 5.99. The SMILES string of the molecule is CC(C)CCCCNCc1ccc(Br)c2cccnc12. The average molecular weight is 335 g/mol. The Balaban J connectivity index is 1.89. The summed E-state index contributed by atoms with van der Waals surface area (Å²) in [5.74, 6) is 0.814. The molecule has 0 aliphatic heterocycles. The molecular formula is C17H23BrN2. The molecule has 108 valence electrons. The predicted octanol–water partition coefficient (Wildman–Crippen LogP) is 4.91. The Morgan fingerprint density at radius 1 is 1.20 bits per heavy atom. The van der Waals surface area contributed by atoms with Crippen LogP contribution in [0.15, 0.2) is 34.9 Å². The van der Waals surface area contributed by atoms with Crippen LogP contribution in [-0.4, -0.2) is 11.5 Å². The van der Waals surface area contributed by atoms with Gasteiger partial charge in [0.15, 0.2) is 0 Å². The summed E-state index contributed by atoms with van der Waals surface area (Å²) < 4.78 is 1.11. The van der Waals surface area contributed by atoms with Gasteiger partial charge >= 0.3 is 0 Å². The monoisotopic (exact) mass is 334 g/mol. The maximum absolute atomic E-state index is 4.51. The molecule has 0 spiro atoms. The molecule has 1 heterocycles. The fourth-order valence-electron chi connectivity index (χ4n) is 2.36. The van der Waals surface area contributed by atoms with Crippen molar-refractivity contribution in [2.24, 2.45) is 5.92 Å². The van der Waals surface area contributed by atoms with Gasteiger partial charge < -0.3 is 5.32 Å². The number of halogens is 1. The van der Waals surface area contributed by atoms with Crippen molar-refractivity contribution in [2.45, 2.75) is 39.7 Å². The molecule has 0 saturated carbocycles. The third-order valence-electron chi connectivity index (χ3n) is 3.50. The van der Waals surface area contributed by atoms with Crippen LogP contribution in [0.1, 0.15) is 38.7 Å². The summed E-state index contributed by atoms with van der Waals surface area (Å²) in [5, 5.41) is 4.72. The van der Waals surface area contributed by atoms with Crippen molar-refractivity contribution in [1.82, 2.24) is 10.3 Å². The lowest BCUT2D eigenvalue weighted by Gasteiger charge is -2.09. The van der Waals surface area contributed by atoms with Crippen molar-refractivity contribution in [2.75, 3.05) is 6.54 Å². The molecule has 0 aliphatic rings. The Bertz CT molecular complexity index is 552. The van der Waals surface area contributed by atoms with Gasteiger partial charge in [0.1, 0.15) is 0 Å². The lowest BCUT2D eigenvalue weighted by atomic mass is 10.1. The molecule has 2 nitrogen and oxygen atoms in total. The van der Waals surface area contributed by atoms with Gasteiger partial charge in [-0.2, -0.15) is 0 Å². The van der Waals surface area contributed by atoms with Crippen molar-refractivity contribution in [3.8, 4) is 0 Å². The van der Waals surface area contributed by atoms with Crippen molar-refractivity contribution in [1.29, 1.82) is 0 Å². The highest BCUT2D eigenvalue weighted by molar-refractivity contribution is 9.10. The van der Waals surface area contributed by atoms with E-state index >= 15 is 0 Å². The summed E-state index contributed by atoms with van der Waals surface area (Å²) in [6.45, 7) is 6.54. The van der Waals surface area contributed by atoms with Gasteiger partial charge in [-0.15, -0.1) is 0 Å². The van der Waals surface area contributed by atoms with E-state index in [-0.39, 0.29) is 0 Å². The standard InChI is InChI=1S/C17H23BrN2/c1-13(2)6-3-4-10-19-12-14-8-9-16(18)15-7-5-11-20-17(14)15/h5,7-9,11,13,19H,3-4,6,10,12H2,1-2H3. The van der Waals surface area contributed by atoms with Gasteiger partial charge in [-0.3, -0.25) is 4.98 Å². The van der Waals surface area contributed by atoms with Crippen LogP contribution in [-0.2, 0) is 6.54 Å². The zero-order valence-corrected chi connectivity index (χ0v) is 13.9. The summed E-state index contributed by atoms with van der Waals surface area (Å²) in [6.07, 6.45) is 5.75. The molecule has 2 aromatic rings. The number of aromatic nitrogens is 1. The summed E-state index contributed by atoms with van der Waals surface area (Å²) in [5.41, 5.74) is 2.37. The van der Waals surface area contributed by atoms with Crippen LogP contribution in [0.3, 0.4) is 0 Å². The van der Waals surface area contributed by atoms with E-state index < -0.39 is 0 Å². The number of hydrogen-bond donors (Lipinski definition) is 1. The van der Waals surface area contributed by atoms with Crippen LogP contribution in [0.25, 0.3) is 10.9 Å². The van der Waals surface area contributed by atoms with Crippen LogP contribution in [0.2, 0.25) is 0 Å². The zero-order chi connectivity index (χ0) is 14.4. The first-order valence-corrected chi connectivity index (χ1v) is 8.20. The van der Waals surface area contributed by atoms with E-state index in [4.69, 9.17) is 0 Å². The molecule has 1 N–H and O–H groups in total. The number of unbranched alkanes of at least 4 members (excludes halogenated alkanes) is 1. The van der Waals surface area contributed by atoms with Crippen LogP contribution in [0.5, 0.6) is 0 Å². The van der Waals surface area contributed by atoms with E-state index in [2.05, 4.69) is 58.3 Å². The highest BCUT2D eigenvalue weighted by atomic mass is 79.9. The third kappa shape index (κ3) is 4.29. The molecule has 0 fully saturated rings. The fraction of sp³-hybridized carbons (Fsp3) is 0.471. The van der Waals surface area contributed by atoms with E-state index in [1.165, 1.54) is 30.2 Å². The number of nitrogens with zero attached hydrogens (tertiary/aromatic N) is 1. The van der Waals surface area contributed by atoms with Gasteiger partial charge in [0.2, 0.25) is 0 Å². The van der Waals surface area contributed by atoms with Crippen molar-refractivity contribution in [3.63, 3.8) is 0 Å². The molecule has 1 aromatic carbocycles. The smallest absolute Gasteiger partial charge is 0.0758 e. The molecule has 20 heavy (non-hydrogen) atoms. The van der Waals surface area contributed by atoms with E-state index in [9.17, 15) is 0 Å². The molecular weight excluding hydrogens is 312 g/mol. The maximum atomic E-state index is 4.51. The third-order valence-corrected chi connectivity index (χ3v) is 4.19. The summed E-state index contributed by atoms with van der Waals surface area (Å²) in [4.78, 5) is 4.51. The molecule has 0 unspecified atom stereocenters. The van der Waals surface area contributed by atoms with Gasteiger partial charge in [-0.1, -0.05) is 54.8 Å². The quantitative estimate of drug-likeness (QED) is 0.727. The molecule has 0 amide bonds. The van der Waals surface area contributed by atoms with E-state index in [0.717, 1.165) is 29.0 Å². The van der Waals surface area contributed by atoms with E-state index in [1.807, 2.05) is 12.3 Å². The number of pyridine rings is 1. The molecule has 3 heteroatoms. The predicted molar refractivity (Wildman–Crippen MR) is 89.8 cm³/mol. The lowest BCUT2D eigenvalue weighted by molar-refractivity contribution is 0.521. The number of benzene rings is 1. The van der Waals surface area contributed by atoms with Crippen LogP contribution >= 0.6 is 15.9 Å². The zero-order valence-electron chi connectivity index (χ0n) is 12.3. The number of fused-ring (bicyclic) bond motifs is 1. The lowest BCUT2D eigenvalue weighted by Crippen LogP contribution is -2.15. The normalized spacial score (nSPS) is 11.4. The molecule has 0 saturated heterocycles. The van der Waals surface area contributed by atoms with Gasteiger partial charge in [-0.05, 0) is 36.6 Å². The Morgan fingerprint density at radius 3 is 2.85 bits per heavy atom. The minimum Gasteiger partial charge on any atom is -0.313 e. The number of rotatable bonds is 7. The van der Waals surface area contributed by atoms with Gasteiger partial charge in [-0.25, -0.2) is 0 Å². The molecule has 2 rings (SSSR count). The van der Waals surface area contributed by atoms with Crippen LogP contribution in [0.4, 0.5) is 0 Å². The largest absolute Gasteiger partial charge is 0.313 e. The molecule has 0 atom stereocenters. The number of nitrogens with one attached hydrogen (secondary N) is 1. The summed E-state index contributed by atoms with van der Waals surface area (Å²) >= 11 is 3.59. The minimum atomic E-state index is 0.814. The Labute approximate surface area is 130 Å². The van der Waals surface area contributed by atoms with Crippen molar-refractivity contribution < 1.29 is 0 Å². The number of hydrogen-bond acceptors (Lipinski definition) is 2. The Hall–Kier alpha value is -0.930. The van der Waals surface area contributed by atoms with Gasteiger partial charge in [0, 0.05) is 22.6 Å².